The highest BCUT2D eigenvalue weighted by atomic mass is 16.8. The van der Waals surface area contributed by atoms with Crippen LogP contribution in [0.5, 0.6) is 0 Å². The molecule has 9 nitrogen and oxygen atoms in total. The van der Waals surface area contributed by atoms with Crippen molar-refractivity contribution < 1.29 is 28.6 Å². The molecule has 3 saturated heterocycles. The van der Waals surface area contributed by atoms with E-state index in [9.17, 15) is 14.4 Å². The Labute approximate surface area is 239 Å². The molecule has 3 aromatic rings. The van der Waals surface area contributed by atoms with Crippen molar-refractivity contribution in [2.24, 2.45) is 0 Å². The third kappa shape index (κ3) is 5.07. The summed E-state index contributed by atoms with van der Waals surface area (Å²) in [5.74, 6) is -1.92. The molecule has 0 spiro atoms. The molecule has 9 heteroatoms. The standard InChI is InChI=1S/C32H33N3O6/c1-2-39-31(38)34-20-18-33(19-21-34)29(36)27-28-30(37)35(22-32(40-27,41-28)25-16-10-5-11-17-25)26(23-12-6-3-7-13-23)24-14-8-4-9-15-24/h3-17,26-28H,2,18-22H2,1H3/t27-,28+,32-/m1/s1. The van der Waals surface area contributed by atoms with Crippen LogP contribution in [-0.2, 0) is 29.6 Å². The van der Waals surface area contributed by atoms with Crippen molar-refractivity contribution in [2.75, 3.05) is 39.3 Å². The van der Waals surface area contributed by atoms with Crippen LogP contribution in [0.1, 0.15) is 29.7 Å². The molecule has 0 radical (unpaired) electrons. The summed E-state index contributed by atoms with van der Waals surface area (Å²) < 4.78 is 18.0. The number of carbonyl (C=O) groups excluding carboxylic acids is 3. The molecule has 3 aliphatic heterocycles. The Morgan fingerprint density at radius 2 is 1.37 bits per heavy atom. The van der Waals surface area contributed by atoms with Gasteiger partial charge in [-0.3, -0.25) is 9.59 Å². The van der Waals surface area contributed by atoms with E-state index in [1.165, 1.54) is 0 Å². The van der Waals surface area contributed by atoms with Gasteiger partial charge in [0.05, 0.1) is 19.2 Å². The fourth-order valence-corrected chi connectivity index (χ4v) is 5.93. The van der Waals surface area contributed by atoms with Crippen LogP contribution in [0.2, 0.25) is 0 Å². The van der Waals surface area contributed by atoms with Gasteiger partial charge in [0.2, 0.25) is 5.79 Å². The van der Waals surface area contributed by atoms with E-state index >= 15 is 0 Å². The minimum Gasteiger partial charge on any atom is -0.450 e. The molecule has 2 bridgehead atoms. The summed E-state index contributed by atoms with van der Waals surface area (Å²) in [6, 6.07) is 28.8. The van der Waals surface area contributed by atoms with Crippen LogP contribution < -0.4 is 0 Å². The summed E-state index contributed by atoms with van der Waals surface area (Å²) in [4.78, 5) is 45.3. The number of nitrogens with zero attached hydrogens (tertiary/aromatic N) is 3. The van der Waals surface area contributed by atoms with Gasteiger partial charge >= 0.3 is 6.09 Å². The predicted molar refractivity (Wildman–Crippen MR) is 149 cm³/mol. The number of rotatable bonds is 6. The molecular weight excluding hydrogens is 522 g/mol. The zero-order valence-electron chi connectivity index (χ0n) is 22.9. The van der Waals surface area contributed by atoms with E-state index < -0.39 is 30.1 Å². The topological polar surface area (TPSA) is 88.6 Å². The van der Waals surface area contributed by atoms with Crippen LogP contribution >= 0.6 is 0 Å². The van der Waals surface area contributed by atoms with Crippen LogP contribution in [0.4, 0.5) is 4.79 Å². The van der Waals surface area contributed by atoms with Gasteiger partial charge in [0, 0.05) is 31.7 Å². The first kappa shape index (κ1) is 27.0. The second-order valence-corrected chi connectivity index (χ2v) is 10.4. The van der Waals surface area contributed by atoms with E-state index in [1.54, 1.807) is 21.6 Å². The lowest BCUT2D eigenvalue weighted by Crippen LogP contribution is -2.57. The monoisotopic (exact) mass is 555 g/mol. The largest absolute Gasteiger partial charge is 0.450 e. The van der Waals surface area contributed by atoms with Gasteiger partial charge in [-0.05, 0) is 18.1 Å². The van der Waals surface area contributed by atoms with Gasteiger partial charge in [0.25, 0.3) is 11.8 Å². The Bertz CT molecular complexity index is 1340. The number of piperazine rings is 1. The number of carbonyl (C=O) groups is 3. The summed E-state index contributed by atoms with van der Waals surface area (Å²) in [7, 11) is 0. The maximum Gasteiger partial charge on any atom is 0.409 e. The first-order chi connectivity index (χ1) is 20.0. The first-order valence-corrected chi connectivity index (χ1v) is 14.0. The fraction of sp³-hybridized carbons (Fsp3) is 0.344. The van der Waals surface area contributed by atoms with Crippen LogP contribution in [0.15, 0.2) is 91.0 Å². The van der Waals surface area contributed by atoms with Crippen LogP contribution in [0.25, 0.3) is 0 Å². The maximum absolute atomic E-state index is 14.2. The average Bonchev–Trinajstić information content (AvgIpc) is 3.37. The Hall–Kier alpha value is -4.21. The molecular formula is C32H33N3O6. The summed E-state index contributed by atoms with van der Waals surface area (Å²) in [6.07, 6.45) is -2.62. The second kappa shape index (κ2) is 11.3. The molecule has 3 aromatic carbocycles. The lowest BCUT2D eigenvalue weighted by Gasteiger charge is -2.42. The van der Waals surface area contributed by atoms with Gasteiger partial charge in [-0.1, -0.05) is 91.0 Å². The highest BCUT2D eigenvalue weighted by molar-refractivity contribution is 5.93. The normalized spacial score (nSPS) is 24.0. The molecule has 6 rings (SSSR count). The molecule has 3 fully saturated rings. The molecule has 0 unspecified atom stereocenters. The number of ether oxygens (including phenoxy) is 3. The number of fused-ring (bicyclic) bond motifs is 2. The highest BCUT2D eigenvalue weighted by Crippen LogP contribution is 2.46. The number of amides is 3. The van der Waals surface area contributed by atoms with Gasteiger partial charge in [-0.2, -0.15) is 0 Å². The van der Waals surface area contributed by atoms with Crippen molar-refractivity contribution in [3.8, 4) is 0 Å². The maximum atomic E-state index is 14.2. The Morgan fingerprint density at radius 1 is 0.829 bits per heavy atom. The molecule has 3 amide bonds. The molecule has 3 heterocycles. The Kier molecular flexibility index (Phi) is 7.47. The first-order valence-electron chi connectivity index (χ1n) is 14.0. The van der Waals surface area contributed by atoms with Crippen molar-refractivity contribution in [1.29, 1.82) is 0 Å². The van der Waals surface area contributed by atoms with E-state index in [4.69, 9.17) is 14.2 Å². The summed E-state index contributed by atoms with van der Waals surface area (Å²) >= 11 is 0. The van der Waals surface area contributed by atoms with E-state index in [2.05, 4.69) is 0 Å². The lowest BCUT2D eigenvalue weighted by atomic mass is 9.94. The van der Waals surface area contributed by atoms with E-state index in [0.717, 1.165) is 16.7 Å². The minimum absolute atomic E-state index is 0.112. The van der Waals surface area contributed by atoms with E-state index in [0.29, 0.717) is 32.8 Å². The van der Waals surface area contributed by atoms with Gasteiger partial charge < -0.3 is 28.9 Å². The van der Waals surface area contributed by atoms with Gasteiger partial charge in [-0.25, -0.2) is 4.79 Å². The Balaban J connectivity index is 1.33. The van der Waals surface area contributed by atoms with Crippen molar-refractivity contribution in [3.63, 3.8) is 0 Å². The number of hydrogen-bond donors (Lipinski definition) is 0. The highest BCUT2D eigenvalue weighted by Gasteiger charge is 2.61. The fourth-order valence-electron chi connectivity index (χ4n) is 5.93. The number of morpholine rings is 1. The third-order valence-corrected chi connectivity index (χ3v) is 7.93. The number of benzene rings is 3. The summed E-state index contributed by atoms with van der Waals surface area (Å²) in [6.45, 7) is 3.49. The zero-order valence-corrected chi connectivity index (χ0v) is 22.9. The van der Waals surface area contributed by atoms with Gasteiger partial charge in [0.15, 0.2) is 12.2 Å². The molecule has 0 N–H and O–H groups in total. The minimum atomic E-state index is -1.31. The molecule has 41 heavy (non-hydrogen) atoms. The zero-order chi connectivity index (χ0) is 28.4. The van der Waals surface area contributed by atoms with E-state index in [1.807, 2.05) is 91.0 Å². The molecule has 0 aliphatic carbocycles. The molecule has 0 aromatic heterocycles. The smallest absolute Gasteiger partial charge is 0.409 e. The number of hydrogen-bond acceptors (Lipinski definition) is 6. The van der Waals surface area contributed by atoms with Crippen molar-refractivity contribution in [2.45, 2.75) is 31.0 Å². The van der Waals surface area contributed by atoms with Crippen LogP contribution in [0.3, 0.4) is 0 Å². The van der Waals surface area contributed by atoms with Crippen LogP contribution in [0, 0.1) is 0 Å². The van der Waals surface area contributed by atoms with Crippen molar-refractivity contribution >= 4 is 17.9 Å². The van der Waals surface area contributed by atoms with Crippen LogP contribution in [-0.4, -0.2) is 84.1 Å². The molecule has 3 aliphatic rings. The lowest BCUT2D eigenvalue weighted by molar-refractivity contribution is -0.221. The summed E-state index contributed by atoms with van der Waals surface area (Å²) in [5, 5.41) is 0. The average molecular weight is 556 g/mol. The van der Waals surface area contributed by atoms with Gasteiger partial charge in [-0.15, -0.1) is 0 Å². The quantitative estimate of drug-likeness (QED) is 0.462. The SMILES string of the molecule is CCOC(=O)N1CCN(C(=O)[C@@H]2O[C@]3(c4ccccc4)CN(C(c4ccccc4)c4ccccc4)C(=O)[C@H]2O3)CC1. The van der Waals surface area contributed by atoms with E-state index in [-0.39, 0.29) is 18.4 Å². The van der Waals surface area contributed by atoms with Crippen molar-refractivity contribution in [1.82, 2.24) is 14.7 Å². The predicted octanol–water partition coefficient (Wildman–Crippen LogP) is 3.56. The molecule has 3 atom stereocenters. The molecule has 212 valence electrons. The third-order valence-electron chi connectivity index (χ3n) is 7.93. The van der Waals surface area contributed by atoms with Gasteiger partial charge in [0.1, 0.15) is 0 Å². The second-order valence-electron chi connectivity index (χ2n) is 10.4. The Morgan fingerprint density at radius 3 is 1.93 bits per heavy atom. The molecule has 0 saturated carbocycles. The van der Waals surface area contributed by atoms with Crippen molar-refractivity contribution in [3.05, 3.63) is 108 Å². The summed E-state index contributed by atoms with van der Waals surface area (Å²) in [5.41, 5.74) is 2.65.